The first kappa shape index (κ1) is 19.5. The van der Waals surface area contributed by atoms with Crippen molar-refractivity contribution in [1.29, 1.82) is 5.26 Å². The molecule has 4 aromatic rings. The molecule has 0 atom stereocenters. The van der Waals surface area contributed by atoms with E-state index in [1.165, 1.54) is 23.5 Å². The fraction of sp³-hybridized carbons (Fsp3) is 0.143. The fourth-order valence-corrected chi connectivity index (χ4v) is 4.10. The average molecular weight is 420 g/mol. The van der Waals surface area contributed by atoms with Crippen LogP contribution in [0, 0.1) is 24.1 Å². The van der Waals surface area contributed by atoms with Gasteiger partial charge in [0.15, 0.2) is 0 Å². The van der Waals surface area contributed by atoms with Crippen LogP contribution in [0.1, 0.15) is 20.9 Å². The largest absolute Gasteiger partial charge is 0.367 e. The van der Waals surface area contributed by atoms with E-state index >= 15 is 0 Å². The number of carbonyl (C=O) groups excluding carboxylic acids is 1. The van der Waals surface area contributed by atoms with E-state index in [9.17, 15) is 9.18 Å². The minimum absolute atomic E-state index is 0.190. The normalized spacial score (nSPS) is 10.7. The molecular weight excluding hydrogens is 403 g/mol. The molecule has 0 saturated heterocycles. The number of pyridine rings is 1. The lowest BCUT2D eigenvalue weighted by atomic mass is 10.3. The summed E-state index contributed by atoms with van der Waals surface area (Å²) >= 11 is 1.33. The predicted molar refractivity (Wildman–Crippen MR) is 113 cm³/mol. The monoisotopic (exact) mass is 420 g/mol. The standard InChI is InChI=1S/C21H17FN6OS/c1-13-17-11-18(30-21(17)28(27-13)16-6-4-15(22)5-7-16)20(29)26-10-9-25-19-14(12-23)3-2-8-24-19/h2-8,11H,9-10H2,1H3,(H,24,25)(H,26,29). The molecule has 0 bridgehead atoms. The van der Waals surface area contributed by atoms with Gasteiger partial charge in [-0.2, -0.15) is 10.4 Å². The van der Waals surface area contributed by atoms with Gasteiger partial charge in [0, 0.05) is 24.7 Å². The smallest absolute Gasteiger partial charge is 0.261 e. The molecule has 0 aliphatic carbocycles. The number of amides is 1. The second-order valence-corrected chi connectivity index (χ2v) is 7.53. The number of nitrogens with one attached hydrogen (secondary N) is 2. The van der Waals surface area contributed by atoms with Crippen molar-refractivity contribution < 1.29 is 9.18 Å². The van der Waals surface area contributed by atoms with Gasteiger partial charge < -0.3 is 10.6 Å². The molecule has 3 heterocycles. The van der Waals surface area contributed by atoms with Gasteiger partial charge in [0.1, 0.15) is 22.5 Å². The highest BCUT2D eigenvalue weighted by Gasteiger charge is 2.17. The number of benzene rings is 1. The first-order valence-electron chi connectivity index (χ1n) is 9.19. The van der Waals surface area contributed by atoms with Crippen LogP contribution in [0.2, 0.25) is 0 Å². The maximum atomic E-state index is 13.2. The molecule has 7 nitrogen and oxygen atoms in total. The Morgan fingerprint density at radius 3 is 2.83 bits per heavy atom. The van der Waals surface area contributed by atoms with Crippen LogP contribution in [0.4, 0.5) is 10.2 Å². The van der Waals surface area contributed by atoms with Crippen LogP contribution in [0.15, 0.2) is 48.7 Å². The number of thiophene rings is 1. The molecule has 0 fully saturated rings. The van der Waals surface area contributed by atoms with Crippen molar-refractivity contribution in [1.82, 2.24) is 20.1 Å². The fourth-order valence-electron chi connectivity index (χ4n) is 3.00. The van der Waals surface area contributed by atoms with Crippen molar-refractivity contribution in [2.75, 3.05) is 18.4 Å². The zero-order chi connectivity index (χ0) is 21.1. The molecule has 30 heavy (non-hydrogen) atoms. The quantitative estimate of drug-likeness (QED) is 0.464. The zero-order valence-electron chi connectivity index (χ0n) is 16.0. The minimum atomic E-state index is -0.314. The summed E-state index contributed by atoms with van der Waals surface area (Å²) in [6.07, 6.45) is 1.60. The molecule has 0 aliphatic rings. The maximum absolute atomic E-state index is 13.2. The topological polar surface area (TPSA) is 95.6 Å². The van der Waals surface area contributed by atoms with E-state index in [2.05, 4.69) is 26.8 Å². The van der Waals surface area contributed by atoms with Gasteiger partial charge in [0.05, 0.1) is 21.8 Å². The van der Waals surface area contributed by atoms with Gasteiger partial charge in [-0.25, -0.2) is 14.1 Å². The molecule has 0 unspecified atom stereocenters. The molecule has 0 spiro atoms. The highest BCUT2D eigenvalue weighted by molar-refractivity contribution is 7.20. The van der Waals surface area contributed by atoms with Crippen LogP contribution >= 0.6 is 11.3 Å². The van der Waals surface area contributed by atoms with Crippen molar-refractivity contribution in [3.8, 4) is 11.8 Å². The number of hydrogen-bond acceptors (Lipinski definition) is 6. The third-order valence-corrected chi connectivity index (χ3v) is 5.58. The maximum Gasteiger partial charge on any atom is 0.261 e. The van der Waals surface area contributed by atoms with Gasteiger partial charge in [-0.3, -0.25) is 4.79 Å². The van der Waals surface area contributed by atoms with Crippen molar-refractivity contribution in [2.24, 2.45) is 0 Å². The van der Waals surface area contributed by atoms with E-state index in [4.69, 9.17) is 5.26 Å². The summed E-state index contributed by atoms with van der Waals surface area (Å²) in [6, 6.07) is 13.3. The summed E-state index contributed by atoms with van der Waals surface area (Å²) in [5, 5.41) is 20.4. The molecule has 0 aliphatic heterocycles. The van der Waals surface area contributed by atoms with Gasteiger partial charge in [0.2, 0.25) is 0 Å². The second-order valence-electron chi connectivity index (χ2n) is 6.50. The van der Waals surface area contributed by atoms with Crippen LogP contribution in [-0.4, -0.2) is 33.8 Å². The average Bonchev–Trinajstić information content (AvgIpc) is 3.33. The molecule has 1 amide bonds. The third-order valence-electron chi connectivity index (χ3n) is 4.47. The van der Waals surface area contributed by atoms with Gasteiger partial charge in [-0.05, 0) is 49.4 Å². The predicted octanol–water partition coefficient (Wildman–Crippen LogP) is 3.64. The molecule has 3 aromatic heterocycles. The molecule has 2 N–H and O–H groups in total. The molecule has 0 radical (unpaired) electrons. The first-order valence-corrected chi connectivity index (χ1v) is 10.0. The second kappa shape index (κ2) is 8.31. The number of fused-ring (bicyclic) bond motifs is 1. The van der Waals surface area contributed by atoms with E-state index in [1.54, 1.807) is 35.1 Å². The molecule has 9 heteroatoms. The number of anilines is 1. The minimum Gasteiger partial charge on any atom is -0.367 e. The number of nitrogens with zero attached hydrogens (tertiary/aromatic N) is 4. The van der Waals surface area contributed by atoms with Crippen LogP contribution in [0.25, 0.3) is 15.9 Å². The van der Waals surface area contributed by atoms with Gasteiger partial charge in [0.25, 0.3) is 5.91 Å². The Bertz CT molecular complexity index is 1250. The highest BCUT2D eigenvalue weighted by atomic mass is 32.1. The van der Waals surface area contributed by atoms with Crippen molar-refractivity contribution in [3.05, 3.63) is 70.6 Å². The van der Waals surface area contributed by atoms with E-state index in [-0.39, 0.29) is 11.7 Å². The van der Waals surface area contributed by atoms with Gasteiger partial charge in [-0.15, -0.1) is 11.3 Å². The van der Waals surface area contributed by atoms with Crippen molar-refractivity contribution in [2.45, 2.75) is 6.92 Å². The van der Waals surface area contributed by atoms with Crippen LogP contribution in [-0.2, 0) is 0 Å². The number of aryl methyl sites for hydroxylation is 1. The van der Waals surface area contributed by atoms with Gasteiger partial charge >= 0.3 is 0 Å². The number of hydrogen-bond donors (Lipinski definition) is 2. The van der Waals surface area contributed by atoms with E-state index in [1.807, 2.05) is 13.0 Å². The van der Waals surface area contributed by atoms with Crippen LogP contribution in [0.3, 0.4) is 0 Å². The van der Waals surface area contributed by atoms with Crippen molar-refractivity contribution >= 4 is 33.3 Å². The summed E-state index contributed by atoms with van der Waals surface area (Å²) in [7, 11) is 0. The molecule has 4 rings (SSSR count). The Morgan fingerprint density at radius 2 is 2.07 bits per heavy atom. The van der Waals surface area contributed by atoms with Crippen LogP contribution < -0.4 is 10.6 Å². The first-order chi connectivity index (χ1) is 14.6. The van der Waals surface area contributed by atoms with Gasteiger partial charge in [-0.1, -0.05) is 0 Å². The van der Waals surface area contributed by atoms with E-state index in [0.29, 0.717) is 29.3 Å². The molecule has 0 saturated carbocycles. The third kappa shape index (κ3) is 3.86. The Hall–Kier alpha value is -3.77. The van der Waals surface area contributed by atoms with E-state index in [0.717, 1.165) is 21.6 Å². The number of carbonyl (C=O) groups is 1. The number of rotatable bonds is 6. The molecule has 150 valence electrons. The summed E-state index contributed by atoms with van der Waals surface area (Å²) < 4.78 is 14.9. The molecule has 1 aromatic carbocycles. The lowest BCUT2D eigenvalue weighted by Crippen LogP contribution is -2.28. The number of nitriles is 1. The summed E-state index contributed by atoms with van der Waals surface area (Å²) in [4.78, 5) is 18.1. The summed E-state index contributed by atoms with van der Waals surface area (Å²) in [6.45, 7) is 2.68. The van der Waals surface area contributed by atoms with Crippen LogP contribution in [0.5, 0.6) is 0 Å². The van der Waals surface area contributed by atoms with E-state index < -0.39 is 0 Å². The zero-order valence-corrected chi connectivity index (χ0v) is 16.8. The Balaban J connectivity index is 1.44. The SMILES string of the molecule is Cc1nn(-c2ccc(F)cc2)c2sc(C(=O)NCCNc3ncccc3C#N)cc12. The lowest BCUT2D eigenvalue weighted by molar-refractivity contribution is 0.0959. The summed E-state index contributed by atoms with van der Waals surface area (Å²) in [5.74, 6) is -0.0120. The molecular formula is C21H17FN6OS. The Kier molecular flexibility index (Phi) is 5.41. The number of halogens is 1. The number of aromatic nitrogens is 3. The highest BCUT2D eigenvalue weighted by Crippen LogP contribution is 2.30. The summed E-state index contributed by atoms with van der Waals surface area (Å²) in [5.41, 5.74) is 1.98. The van der Waals surface area contributed by atoms with Crippen molar-refractivity contribution in [3.63, 3.8) is 0 Å². The Morgan fingerprint density at radius 1 is 1.27 bits per heavy atom. The Labute approximate surface area is 175 Å². The lowest BCUT2D eigenvalue weighted by Gasteiger charge is -2.07.